The lowest BCUT2D eigenvalue weighted by molar-refractivity contribution is -0.134. The molecule has 2 saturated heterocycles. The monoisotopic (exact) mass is 376 g/mol. The molecule has 2 aliphatic heterocycles. The van der Waals surface area contributed by atoms with Crippen LogP contribution in [-0.4, -0.2) is 46.0 Å². The number of rotatable bonds is 3. The van der Waals surface area contributed by atoms with Crippen molar-refractivity contribution in [2.24, 2.45) is 0 Å². The second kappa shape index (κ2) is 7.97. The summed E-state index contributed by atoms with van der Waals surface area (Å²) < 4.78 is 2.36. The summed E-state index contributed by atoms with van der Waals surface area (Å²) in [7, 11) is 0. The van der Waals surface area contributed by atoms with Gasteiger partial charge in [0.2, 0.25) is 5.91 Å². The van der Waals surface area contributed by atoms with Gasteiger partial charge in [0.1, 0.15) is 5.82 Å². The number of carbonyl (C=O) groups is 1. The first-order valence-electron chi connectivity index (χ1n) is 9.64. The number of nitrogens with one attached hydrogen (secondary N) is 1. The van der Waals surface area contributed by atoms with E-state index in [4.69, 9.17) is 4.98 Å². The van der Waals surface area contributed by atoms with E-state index < -0.39 is 0 Å². The molecule has 2 aliphatic rings. The van der Waals surface area contributed by atoms with Crippen LogP contribution in [0.4, 0.5) is 0 Å². The predicted octanol–water partition coefficient (Wildman–Crippen LogP) is 3.50. The largest absolute Gasteiger partial charge is 0.341 e. The molecule has 5 nitrogen and oxygen atoms in total. The Kier molecular flexibility index (Phi) is 5.88. The number of fused-ring (bicyclic) bond motifs is 1. The van der Waals surface area contributed by atoms with E-state index in [2.05, 4.69) is 46.8 Å². The molecule has 2 fully saturated rings. The molecule has 1 unspecified atom stereocenters. The summed E-state index contributed by atoms with van der Waals surface area (Å²) >= 11 is 0. The second-order valence-corrected chi connectivity index (χ2v) is 7.69. The average Bonchev–Trinajstić information content (AvgIpc) is 3.28. The maximum absolute atomic E-state index is 12.8. The van der Waals surface area contributed by atoms with E-state index in [1.807, 2.05) is 6.07 Å². The fourth-order valence-electron chi connectivity index (χ4n) is 4.40. The molecule has 0 radical (unpaired) electrons. The van der Waals surface area contributed by atoms with Crippen LogP contribution in [0.5, 0.6) is 0 Å². The minimum Gasteiger partial charge on any atom is -0.341 e. The number of benzene rings is 1. The highest BCUT2D eigenvalue weighted by Gasteiger charge is 2.33. The molecule has 1 aromatic carbocycles. The summed E-state index contributed by atoms with van der Waals surface area (Å²) in [6.45, 7) is 7.08. The van der Waals surface area contributed by atoms with E-state index in [1.165, 1.54) is 5.52 Å². The molecule has 2 atom stereocenters. The maximum Gasteiger partial charge on any atom is 0.239 e. The van der Waals surface area contributed by atoms with Gasteiger partial charge in [-0.05, 0) is 58.2 Å². The average molecular weight is 377 g/mol. The van der Waals surface area contributed by atoms with Gasteiger partial charge >= 0.3 is 0 Å². The Morgan fingerprint density at radius 3 is 2.77 bits per heavy atom. The third-order valence-electron chi connectivity index (χ3n) is 5.60. The van der Waals surface area contributed by atoms with Crippen LogP contribution in [0.3, 0.4) is 0 Å². The van der Waals surface area contributed by atoms with Gasteiger partial charge in [0.05, 0.1) is 17.1 Å². The fraction of sp³-hybridized carbons (Fsp3) is 0.600. The molecule has 26 heavy (non-hydrogen) atoms. The van der Waals surface area contributed by atoms with Crippen molar-refractivity contribution in [1.29, 1.82) is 0 Å². The van der Waals surface area contributed by atoms with E-state index in [0.717, 1.165) is 56.7 Å². The quantitative estimate of drug-likeness (QED) is 0.891. The van der Waals surface area contributed by atoms with Gasteiger partial charge in [-0.1, -0.05) is 12.1 Å². The third-order valence-corrected chi connectivity index (χ3v) is 5.60. The van der Waals surface area contributed by atoms with Gasteiger partial charge < -0.3 is 14.8 Å². The molecule has 0 spiro atoms. The first-order valence-corrected chi connectivity index (χ1v) is 9.64. The van der Waals surface area contributed by atoms with Crippen molar-refractivity contribution >= 4 is 29.3 Å². The lowest BCUT2D eigenvalue weighted by Crippen LogP contribution is -2.47. The number of likely N-dealkylation sites (tertiary alicyclic amines) is 1. The van der Waals surface area contributed by atoms with Crippen LogP contribution in [0.1, 0.15) is 57.3 Å². The van der Waals surface area contributed by atoms with Gasteiger partial charge in [-0.2, -0.15) is 0 Å². The first-order chi connectivity index (χ1) is 12.1. The Hall–Kier alpha value is -1.59. The van der Waals surface area contributed by atoms with Gasteiger partial charge in [-0.3, -0.25) is 4.79 Å². The van der Waals surface area contributed by atoms with Crippen molar-refractivity contribution in [3.05, 3.63) is 30.1 Å². The van der Waals surface area contributed by atoms with Crippen LogP contribution in [0.25, 0.3) is 11.0 Å². The fourth-order valence-corrected chi connectivity index (χ4v) is 4.40. The standard InChI is InChI=1S/C20H28N4O.ClH/c1-14(2)24-18-10-4-3-8-16(18)22-19(24)15-7-6-12-23(13-15)20(25)17-9-5-11-21-17;/h3-4,8,10,14-15,17,21H,5-7,9,11-13H2,1-2H3;1H/t15?,17-;/m0./s1. The van der Waals surface area contributed by atoms with Crippen molar-refractivity contribution in [1.82, 2.24) is 19.8 Å². The summed E-state index contributed by atoms with van der Waals surface area (Å²) in [6.07, 6.45) is 4.25. The summed E-state index contributed by atoms with van der Waals surface area (Å²) in [5.41, 5.74) is 2.26. The van der Waals surface area contributed by atoms with E-state index in [-0.39, 0.29) is 24.4 Å². The Balaban J connectivity index is 0.00000196. The lowest BCUT2D eigenvalue weighted by atomic mass is 9.96. The Morgan fingerprint density at radius 2 is 2.04 bits per heavy atom. The van der Waals surface area contributed by atoms with Crippen LogP contribution in [0.2, 0.25) is 0 Å². The lowest BCUT2D eigenvalue weighted by Gasteiger charge is -2.34. The Bertz CT molecular complexity index is 766. The smallest absolute Gasteiger partial charge is 0.239 e. The van der Waals surface area contributed by atoms with E-state index >= 15 is 0 Å². The van der Waals surface area contributed by atoms with E-state index in [1.54, 1.807) is 0 Å². The number of amides is 1. The summed E-state index contributed by atoms with van der Waals surface area (Å²) in [4.78, 5) is 19.8. The van der Waals surface area contributed by atoms with Crippen molar-refractivity contribution in [3.63, 3.8) is 0 Å². The molecule has 2 aromatic rings. The van der Waals surface area contributed by atoms with Crippen molar-refractivity contribution in [2.45, 2.75) is 57.5 Å². The molecule has 0 aliphatic carbocycles. The number of hydrogen-bond acceptors (Lipinski definition) is 3. The number of aromatic nitrogens is 2. The molecule has 0 saturated carbocycles. The molecule has 1 amide bonds. The number of halogens is 1. The number of carbonyl (C=O) groups excluding carboxylic acids is 1. The molecule has 1 aromatic heterocycles. The van der Waals surface area contributed by atoms with Crippen LogP contribution in [-0.2, 0) is 4.79 Å². The minimum absolute atomic E-state index is 0. The normalized spacial score (nSPS) is 23.4. The zero-order valence-electron chi connectivity index (χ0n) is 15.6. The van der Waals surface area contributed by atoms with Crippen LogP contribution in [0, 0.1) is 0 Å². The molecule has 0 bridgehead atoms. The van der Waals surface area contributed by atoms with Gasteiger partial charge in [0.25, 0.3) is 0 Å². The molecular formula is C20H29ClN4O. The predicted molar refractivity (Wildman–Crippen MR) is 107 cm³/mol. The number of imidazole rings is 1. The van der Waals surface area contributed by atoms with Gasteiger partial charge in [-0.15, -0.1) is 12.4 Å². The first kappa shape index (κ1) is 19.2. The third kappa shape index (κ3) is 3.47. The zero-order valence-corrected chi connectivity index (χ0v) is 16.5. The van der Waals surface area contributed by atoms with Gasteiger partial charge in [0.15, 0.2) is 0 Å². The topological polar surface area (TPSA) is 50.2 Å². The minimum atomic E-state index is 0. The highest BCUT2D eigenvalue weighted by Crippen LogP contribution is 2.32. The highest BCUT2D eigenvalue weighted by molar-refractivity contribution is 5.85. The van der Waals surface area contributed by atoms with Gasteiger partial charge in [0, 0.05) is 25.0 Å². The maximum atomic E-state index is 12.8. The van der Waals surface area contributed by atoms with E-state index in [9.17, 15) is 4.79 Å². The number of piperidine rings is 1. The summed E-state index contributed by atoms with van der Waals surface area (Å²) in [6, 6.07) is 8.76. The molecule has 4 rings (SSSR count). The number of hydrogen-bond donors (Lipinski definition) is 1. The zero-order chi connectivity index (χ0) is 17.4. The summed E-state index contributed by atoms with van der Waals surface area (Å²) in [5.74, 6) is 1.76. The Labute approximate surface area is 161 Å². The van der Waals surface area contributed by atoms with Crippen LogP contribution in [0.15, 0.2) is 24.3 Å². The highest BCUT2D eigenvalue weighted by atomic mass is 35.5. The van der Waals surface area contributed by atoms with Crippen molar-refractivity contribution in [2.75, 3.05) is 19.6 Å². The van der Waals surface area contributed by atoms with Crippen LogP contribution < -0.4 is 5.32 Å². The molecule has 3 heterocycles. The number of para-hydroxylation sites is 2. The molecule has 1 N–H and O–H groups in total. The SMILES string of the molecule is CC(C)n1c(C2CCCN(C(=O)[C@@H]3CCCN3)C2)nc2ccccc21.Cl. The summed E-state index contributed by atoms with van der Waals surface area (Å²) in [5, 5.41) is 3.35. The van der Waals surface area contributed by atoms with Crippen molar-refractivity contribution < 1.29 is 4.79 Å². The Morgan fingerprint density at radius 1 is 1.23 bits per heavy atom. The molecule has 6 heteroatoms. The van der Waals surface area contributed by atoms with Crippen molar-refractivity contribution in [3.8, 4) is 0 Å². The van der Waals surface area contributed by atoms with Gasteiger partial charge in [-0.25, -0.2) is 4.98 Å². The van der Waals surface area contributed by atoms with E-state index in [0.29, 0.717) is 12.0 Å². The van der Waals surface area contributed by atoms with Crippen LogP contribution >= 0.6 is 12.4 Å². The number of nitrogens with zero attached hydrogens (tertiary/aromatic N) is 3. The second-order valence-electron chi connectivity index (χ2n) is 7.69. The molecule has 142 valence electrons. The molecular weight excluding hydrogens is 348 g/mol.